The normalized spacial score (nSPS) is 18.1. The van der Waals surface area contributed by atoms with Crippen molar-refractivity contribution in [1.82, 2.24) is 0 Å². The number of Topliss-reactive ketones (excluding diaryl/α,β-unsaturated/α-hetero) is 1. The molecule has 0 fully saturated rings. The van der Waals surface area contributed by atoms with Crippen molar-refractivity contribution < 1.29 is 24.5 Å². The second-order valence-corrected chi connectivity index (χ2v) is 7.11. The van der Waals surface area contributed by atoms with Gasteiger partial charge in [-0.2, -0.15) is 4.89 Å². The number of fused-ring (bicyclic) bond motifs is 1. The van der Waals surface area contributed by atoms with Crippen molar-refractivity contribution >= 4 is 17.8 Å². The van der Waals surface area contributed by atoms with E-state index in [1.807, 2.05) is 0 Å². The maximum Gasteiger partial charge on any atom is 0.373 e. The number of benzene rings is 2. The van der Waals surface area contributed by atoms with Gasteiger partial charge in [0.15, 0.2) is 5.78 Å². The van der Waals surface area contributed by atoms with Crippen molar-refractivity contribution in [3.63, 3.8) is 0 Å². The summed E-state index contributed by atoms with van der Waals surface area (Å²) in [6, 6.07) is 13.5. The molecule has 1 aliphatic carbocycles. The summed E-state index contributed by atoms with van der Waals surface area (Å²) in [6.07, 6.45) is 0.692. The zero-order valence-electron chi connectivity index (χ0n) is 14.9. The van der Waals surface area contributed by atoms with Gasteiger partial charge in [-0.3, -0.25) is 9.68 Å². The Morgan fingerprint density at radius 2 is 1.73 bits per heavy atom. The quantitative estimate of drug-likeness (QED) is 0.515. The minimum atomic E-state index is -0.941. The molecule has 2 aromatic rings. The van der Waals surface area contributed by atoms with E-state index in [1.54, 1.807) is 75.4 Å². The third kappa shape index (κ3) is 3.74. The molecule has 1 N–H and O–H groups in total. The molecule has 0 heterocycles. The van der Waals surface area contributed by atoms with Gasteiger partial charge < -0.3 is 5.11 Å². The standard InChI is InChI=1S/C21H20O5/c1-21(2,3)26-25-20(24)14-10-8-13(9-11-14)12-17-18(22)15-6-4-5-7-16(15)19(17)23/h4-12,18,22H,1-3H3. The van der Waals surface area contributed by atoms with Gasteiger partial charge >= 0.3 is 5.97 Å². The lowest BCUT2D eigenvalue weighted by Crippen LogP contribution is -2.21. The largest absolute Gasteiger partial charge is 0.383 e. The molecule has 0 aliphatic heterocycles. The zero-order chi connectivity index (χ0) is 18.9. The molecular formula is C21H20O5. The molecule has 0 saturated heterocycles. The predicted octanol–water partition coefficient (Wildman–Crippen LogP) is 3.89. The average molecular weight is 352 g/mol. The highest BCUT2D eigenvalue weighted by molar-refractivity contribution is 6.16. The molecule has 5 nitrogen and oxygen atoms in total. The van der Waals surface area contributed by atoms with Gasteiger partial charge in [0.2, 0.25) is 0 Å². The van der Waals surface area contributed by atoms with Gasteiger partial charge in [-0.15, -0.1) is 0 Å². The molecule has 2 aromatic carbocycles. The molecule has 1 unspecified atom stereocenters. The van der Waals surface area contributed by atoms with Gasteiger partial charge in [-0.05, 0) is 50.1 Å². The van der Waals surface area contributed by atoms with Gasteiger partial charge in [-0.25, -0.2) is 4.79 Å². The molecule has 0 aromatic heterocycles. The van der Waals surface area contributed by atoms with E-state index in [9.17, 15) is 14.7 Å². The molecular weight excluding hydrogens is 332 g/mol. The summed E-state index contributed by atoms with van der Waals surface area (Å²) in [5.74, 6) is -0.779. The van der Waals surface area contributed by atoms with Crippen LogP contribution in [0.2, 0.25) is 0 Å². The van der Waals surface area contributed by atoms with Crippen molar-refractivity contribution in [3.8, 4) is 0 Å². The van der Waals surface area contributed by atoms with E-state index in [4.69, 9.17) is 9.78 Å². The number of hydrogen-bond donors (Lipinski definition) is 1. The molecule has 0 saturated carbocycles. The predicted molar refractivity (Wildman–Crippen MR) is 96.4 cm³/mol. The molecule has 0 amide bonds. The van der Waals surface area contributed by atoms with Gasteiger partial charge in [0.05, 0.1) is 5.56 Å². The second-order valence-electron chi connectivity index (χ2n) is 7.11. The summed E-state index contributed by atoms with van der Waals surface area (Å²) >= 11 is 0. The Hall–Kier alpha value is -2.76. The van der Waals surface area contributed by atoms with E-state index in [0.717, 1.165) is 0 Å². The SMILES string of the molecule is CC(C)(C)OOC(=O)c1ccc(C=C2C(=O)c3ccccc3C2O)cc1. The van der Waals surface area contributed by atoms with E-state index in [0.29, 0.717) is 27.8 Å². The van der Waals surface area contributed by atoms with Crippen LogP contribution in [0, 0.1) is 0 Å². The van der Waals surface area contributed by atoms with Gasteiger partial charge in [0.1, 0.15) is 11.7 Å². The Bertz CT molecular complexity index is 872. The van der Waals surface area contributed by atoms with Gasteiger partial charge in [0, 0.05) is 11.1 Å². The van der Waals surface area contributed by atoms with Crippen LogP contribution in [0.25, 0.3) is 6.08 Å². The Labute approximate surface area is 151 Å². The Balaban J connectivity index is 1.77. The maximum absolute atomic E-state index is 12.4. The molecule has 1 aliphatic rings. The smallest absolute Gasteiger partial charge is 0.373 e. The molecule has 134 valence electrons. The van der Waals surface area contributed by atoms with Crippen LogP contribution in [0.1, 0.15) is 58.7 Å². The highest BCUT2D eigenvalue weighted by Gasteiger charge is 2.32. The fourth-order valence-corrected chi connectivity index (χ4v) is 2.64. The van der Waals surface area contributed by atoms with Crippen molar-refractivity contribution in [2.24, 2.45) is 0 Å². The first-order valence-electron chi connectivity index (χ1n) is 8.29. The fourth-order valence-electron chi connectivity index (χ4n) is 2.64. The highest BCUT2D eigenvalue weighted by Crippen LogP contribution is 2.36. The van der Waals surface area contributed by atoms with E-state index in [-0.39, 0.29) is 5.78 Å². The van der Waals surface area contributed by atoms with Crippen LogP contribution >= 0.6 is 0 Å². The average Bonchev–Trinajstić information content (AvgIpc) is 2.85. The molecule has 1 atom stereocenters. The lowest BCUT2D eigenvalue weighted by Gasteiger charge is -2.16. The minimum Gasteiger partial charge on any atom is -0.383 e. The van der Waals surface area contributed by atoms with Crippen molar-refractivity contribution in [2.45, 2.75) is 32.5 Å². The molecule has 0 spiro atoms. The summed E-state index contributed by atoms with van der Waals surface area (Å²) < 4.78 is 0. The summed E-state index contributed by atoms with van der Waals surface area (Å²) in [5.41, 5.74) is 1.90. The topological polar surface area (TPSA) is 72.8 Å². The molecule has 26 heavy (non-hydrogen) atoms. The van der Waals surface area contributed by atoms with Crippen LogP contribution < -0.4 is 0 Å². The first-order valence-corrected chi connectivity index (χ1v) is 8.29. The third-order valence-electron chi connectivity index (χ3n) is 3.89. The number of carbonyl (C=O) groups excluding carboxylic acids is 2. The molecule has 0 radical (unpaired) electrons. The highest BCUT2D eigenvalue weighted by atomic mass is 17.2. The summed E-state index contributed by atoms with van der Waals surface area (Å²) in [5, 5.41) is 10.4. The van der Waals surface area contributed by atoms with Gasteiger partial charge in [0.25, 0.3) is 0 Å². The lowest BCUT2D eigenvalue weighted by molar-refractivity contribution is -0.301. The minimum absolute atomic E-state index is 0.185. The maximum atomic E-state index is 12.4. The zero-order valence-corrected chi connectivity index (χ0v) is 14.9. The van der Waals surface area contributed by atoms with Crippen molar-refractivity contribution in [1.29, 1.82) is 0 Å². The van der Waals surface area contributed by atoms with Gasteiger partial charge in [-0.1, -0.05) is 36.4 Å². The third-order valence-corrected chi connectivity index (χ3v) is 3.89. The van der Waals surface area contributed by atoms with Crippen molar-refractivity contribution in [3.05, 3.63) is 76.4 Å². The summed E-state index contributed by atoms with van der Waals surface area (Å²) in [7, 11) is 0. The van der Waals surface area contributed by atoms with E-state index < -0.39 is 17.7 Å². The van der Waals surface area contributed by atoms with E-state index >= 15 is 0 Å². The number of rotatable bonds is 3. The number of aliphatic hydroxyl groups is 1. The van der Waals surface area contributed by atoms with Crippen LogP contribution in [-0.4, -0.2) is 22.5 Å². The molecule has 0 bridgehead atoms. The van der Waals surface area contributed by atoms with Crippen LogP contribution in [-0.2, 0) is 9.78 Å². The number of hydrogen-bond acceptors (Lipinski definition) is 5. The van der Waals surface area contributed by atoms with Crippen LogP contribution in [0.5, 0.6) is 0 Å². The fraction of sp³-hybridized carbons (Fsp3) is 0.238. The van der Waals surface area contributed by atoms with E-state index in [1.165, 1.54) is 0 Å². The van der Waals surface area contributed by atoms with Crippen LogP contribution in [0.4, 0.5) is 0 Å². The van der Waals surface area contributed by atoms with E-state index in [2.05, 4.69) is 0 Å². The molecule has 3 rings (SSSR count). The first kappa shape index (κ1) is 18.0. The number of carbonyl (C=O) groups is 2. The monoisotopic (exact) mass is 352 g/mol. The number of aliphatic hydroxyl groups excluding tert-OH is 1. The second kappa shape index (κ2) is 6.86. The Morgan fingerprint density at radius 1 is 1.08 bits per heavy atom. The Morgan fingerprint density at radius 3 is 2.35 bits per heavy atom. The van der Waals surface area contributed by atoms with Crippen molar-refractivity contribution in [2.75, 3.05) is 0 Å². The number of ketones is 1. The summed E-state index contributed by atoms with van der Waals surface area (Å²) in [4.78, 5) is 34.2. The Kier molecular flexibility index (Phi) is 4.76. The van der Waals surface area contributed by atoms with Crippen LogP contribution in [0.3, 0.4) is 0 Å². The lowest BCUT2D eigenvalue weighted by atomic mass is 10.0. The molecule has 5 heteroatoms. The van der Waals surface area contributed by atoms with Crippen LogP contribution in [0.15, 0.2) is 54.1 Å². The summed E-state index contributed by atoms with van der Waals surface area (Å²) in [6.45, 7) is 5.33. The first-order chi connectivity index (χ1) is 12.3.